The maximum Gasteiger partial charge on any atom is 0.253 e. The SMILES string of the molecule is CC(C)(C)c1ccccc1Nc1ccc(NC(=O)C2CCCO2)cn1. The van der Waals surface area contributed by atoms with Crippen LogP contribution in [0.4, 0.5) is 17.2 Å². The highest BCUT2D eigenvalue weighted by molar-refractivity contribution is 5.94. The Morgan fingerprint density at radius 1 is 1.20 bits per heavy atom. The van der Waals surface area contributed by atoms with Crippen LogP contribution in [0.5, 0.6) is 0 Å². The van der Waals surface area contributed by atoms with Crippen molar-refractivity contribution in [2.24, 2.45) is 0 Å². The second-order valence-corrected chi connectivity index (χ2v) is 7.34. The first-order chi connectivity index (χ1) is 11.9. The zero-order valence-electron chi connectivity index (χ0n) is 15.0. The maximum atomic E-state index is 12.1. The molecule has 1 aromatic carbocycles. The van der Waals surface area contributed by atoms with Gasteiger partial charge in [-0.1, -0.05) is 39.0 Å². The highest BCUT2D eigenvalue weighted by atomic mass is 16.5. The van der Waals surface area contributed by atoms with Crippen molar-refractivity contribution in [1.82, 2.24) is 4.98 Å². The molecule has 5 nitrogen and oxygen atoms in total. The van der Waals surface area contributed by atoms with Crippen molar-refractivity contribution in [2.45, 2.75) is 45.1 Å². The van der Waals surface area contributed by atoms with Gasteiger partial charge in [0.1, 0.15) is 11.9 Å². The molecule has 2 N–H and O–H groups in total. The number of nitrogens with zero attached hydrogens (tertiary/aromatic N) is 1. The van der Waals surface area contributed by atoms with E-state index >= 15 is 0 Å². The topological polar surface area (TPSA) is 63.2 Å². The van der Waals surface area contributed by atoms with Crippen LogP contribution in [0.25, 0.3) is 0 Å². The minimum atomic E-state index is -0.337. The highest BCUT2D eigenvalue weighted by Gasteiger charge is 2.23. The molecule has 2 heterocycles. The van der Waals surface area contributed by atoms with E-state index in [0.717, 1.165) is 24.3 Å². The summed E-state index contributed by atoms with van der Waals surface area (Å²) >= 11 is 0. The zero-order chi connectivity index (χ0) is 17.9. The number of hydrogen-bond acceptors (Lipinski definition) is 4. The number of anilines is 3. The van der Waals surface area contributed by atoms with Crippen molar-refractivity contribution in [3.63, 3.8) is 0 Å². The first kappa shape index (κ1) is 17.4. The Kier molecular flexibility index (Phi) is 5.04. The number of nitrogens with one attached hydrogen (secondary N) is 2. The molecule has 1 atom stereocenters. The van der Waals surface area contributed by atoms with Gasteiger partial charge >= 0.3 is 0 Å². The molecule has 3 rings (SSSR count). The van der Waals surface area contributed by atoms with Crippen LogP contribution >= 0.6 is 0 Å². The molecule has 5 heteroatoms. The van der Waals surface area contributed by atoms with Crippen LogP contribution in [0.15, 0.2) is 42.6 Å². The lowest BCUT2D eigenvalue weighted by molar-refractivity contribution is -0.124. The van der Waals surface area contributed by atoms with Crippen LogP contribution in [0.3, 0.4) is 0 Å². The van der Waals surface area contributed by atoms with E-state index in [1.54, 1.807) is 6.20 Å². The summed E-state index contributed by atoms with van der Waals surface area (Å²) in [7, 11) is 0. The smallest absolute Gasteiger partial charge is 0.253 e. The molecule has 1 unspecified atom stereocenters. The molecule has 132 valence electrons. The molecule has 1 saturated heterocycles. The molecule has 1 fully saturated rings. The largest absolute Gasteiger partial charge is 0.368 e. The molecule has 0 bridgehead atoms. The average Bonchev–Trinajstić information content (AvgIpc) is 3.11. The van der Waals surface area contributed by atoms with Crippen LogP contribution in [-0.2, 0) is 14.9 Å². The predicted molar refractivity (Wildman–Crippen MR) is 100 cm³/mol. The Hall–Kier alpha value is -2.40. The summed E-state index contributed by atoms with van der Waals surface area (Å²) in [5.41, 5.74) is 2.99. The summed E-state index contributed by atoms with van der Waals surface area (Å²) < 4.78 is 5.39. The molecule has 1 aromatic heterocycles. The van der Waals surface area contributed by atoms with Gasteiger partial charge in [-0.15, -0.1) is 0 Å². The fraction of sp³-hybridized carbons (Fsp3) is 0.400. The van der Waals surface area contributed by atoms with Gasteiger partial charge in [0.2, 0.25) is 0 Å². The number of hydrogen-bond donors (Lipinski definition) is 2. The van der Waals surface area contributed by atoms with Crippen molar-refractivity contribution in [2.75, 3.05) is 17.2 Å². The molecule has 0 aliphatic carbocycles. The standard InChI is InChI=1S/C20H25N3O2/c1-20(2,3)15-7-4-5-8-16(15)23-18-11-10-14(13-21-18)22-19(24)17-9-6-12-25-17/h4-5,7-8,10-11,13,17H,6,9,12H2,1-3H3,(H,21,23)(H,22,24). The second-order valence-electron chi connectivity index (χ2n) is 7.34. The minimum absolute atomic E-state index is 0.0405. The van der Waals surface area contributed by atoms with Crippen LogP contribution in [0.1, 0.15) is 39.2 Å². The Morgan fingerprint density at radius 3 is 2.64 bits per heavy atom. The van der Waals surface area contributed by atoms with Gasteiger partial charge in [-0.3, -0.25) is 4.79 Å². The number of carbonyl (C=O) groups excluding carboxylic acids is 1. The summed E-state index contributed by atoms with van der Waals surface area (Å²) in [6, 6.07) is 11.9. The van der Waals surface area contributed by atoms with Crippen LogP contribution in [0.2, 0.25) is 0 Å². The van der Waals surface area contributed by atoms with E-state index in [1.165, 1.54) is 5.56 Å². The van der Waals surface area contributed by atoms with E-state index in [1.807, 2.05) is 24.3 Å². The van der Waals surface area contributed by atoms with Crippen LogP contribution in [0, 0.1) is 0 Å². The Bertz CT molecular complexity index is 729. The summed E-state index contributed by atoms with van der Waals surface area (Å²) in [6.07, 6.45) is 3.04. The quantitative estimate of drug-likeness (QED) is 0.874. The summed E-state index contributed by atoms with van der Waals surface area (Å²) in [4.78, 5) is 16.5. The van der Waals surface area contributed by atoms with Gasteiger partial charge in [-0.2, -0.15) is 0 Å². The van der Waals surface area contributed by atoms with Crippen molar-refractivity contribution in [3.8, 4) is 0 Å². The van der Waals surface area contributed by atoms with Crippen molar-refractivity contribution >= 4 is 23.1 Å². The Labute approximate surface area is 148 Å². The van der Waals surface area contributed by atoms with Gasteiger partial charge in [-0.05, 0) is 42.0 Å². The number of rotatable bonds is 4. The van der Waals surface area contributed by atoms with Gasteiger partial charge in [0.05, 0.1) is 11.9 Å². The van der Waals surface area contributed by atoms with E-state index < -0.39 is 0 Å². The number of ether oxygens (including phenoxy) is 1. The molecule has 1 aliphatic rings. The molecule has 0 saturated carbocycles. The third kappa shape index (κ3) is 4.37. The molecule has 25 heavy (non-hydrogen) atoms. The Balaban J connectivity index is 1.68. The summed E-state index contributed by atoms with van der Waals surface area (Å²) in [6.45, 7) is 7.21. The fourth-order valence-corrected chi connectivity index (χ4v) is 2.93. The van der Waals surface area contributed by atoms with Gasteiger partial charge in [-0.25, -0.2) is 4.98 Å². The average molecular weight is 339 g/mol. The summed E-state index contributed by atoms with van der Waals surface area (Å²) in [5, 5.41) is 6.22. The van der Waals surface area contributed by atoms with Crippen molar-refractivity contribution in [3.05, 3.63) is 48.2 Å². The number of para-hydroxylation sites is 1. The fourth-order valence-electron chi connectivity index (χ4n) is 2.93. The summed E-state index contributed by atoms with van der Waals surface area (Å²) in [5.74, 6) is 0.643. The highest BCUT2D eigenvalue weighted by Crippen LogP contribution is 2.31. The third-order valence-electron chi connectivity index (χ3n) is 4.25. The van der Waals surface area contributed by atoms with Crippen LogP contribution in [-0.4, -0.2) is 23.6 Å². The van der Waals surface area contributed by atoms with Gasteiger partial charge in [0.15, 0.2) is 0 Å². The predicted octanol–water partition coefficient (Wildman–Crippen LogP) is 4.24. The molecule has 0 radical (unpaired) electrons. The van der Waals surface area contributed by atoms with E-state index in [9.17, 15) is 4.79 Å². The van der Waals surface area contributed by atoms with E-state index in [4.69, 9.17) is 4.74 Å². The Morgan fingerprint density at radius 2 is 2.00 bits per heavy atom. The van der Waals surface area contributed by atoms with Gasteiger partial charge < -0.3 is 15.4 Å². The lowest BCUT2D eigenvalue weighted by Gasteiger charge is -2.23. The second kappa shape index (κ2) is 7.23. The number of pyridine rings is 1. The monoisotopic (exact) mass is 339 g/mol. The molecular formula is C20H25N3O2. The zero-order valence-corrected chi connectivity index (χ0v) is 15.0. The molecule has 2 aromatic rings. The lowest BCUT2D eigenvalue weighted by atomic mass is 9.86. The first-order valence-corrected chi connectivity index (χ1v) is 8.68. The molecular weight excluding hydrogens is 314 g/mol. The normalized spacial score (nSPS) is 17.3. The first-order valence-electron chi connectivity index (χ1n) is 8.68. The number of aromatic nitrogens is 1. The van der Waals surface area contributed by atoms with E-state index in [2.05, 4.69) is 48.5 Å². The van der Waals surface area contributed by atoms with Crippen LogP contribution < -0.4 is 10.6 Å². The van der Waals surface area contributed by atoms with Crippen molar-refractivity contribution < 1.29 is 9.53 Å². The third-order valence-corrected chi connectivity index (χ3v) is 4.25. The van der Waals surface area contributed by atoms with Crippen molar-refractivity contribution in [1.29, 1.82) is 0 Å². The molecule has 0 spiro atoms. The lowest BCUT2D eigenvalue weighted by Crippen LogP contribution is -2.26. The number of carbonyl (C=O) groups is 1. The number of benzene rings is 1. The van der Waals surface area contributed by atoms with Gasteiger partial charge in [0, 0.05) is 12.3 Å². The molecule has 1 amide bonds. The van der Waals surface area contributed by atoms with Gasteiger partial charge in [0.25, 0.3) is 5.91 Å². The molecule has 1 aliphatic heterocycles. The maximum absolute atomic E-state index is 12.1. The van der Waals surface area contributed by atoms with E-state index in [0.29, 0.717) is 12.3 Å². The minimum Gasteiger partial charge on any atom is -0.368 e. The number of amides is 1. The van der Waals surface area contributed by atoms with E-state index in [-0.39, 0.29) is 17.4 Å².